The molecule has 1 heterocycles. The van der Waals surface area contributed by atoms with E-state index in [-0.39, 0.29) is 12.6 Å². The predicted octanol–water partition coefficient (Wildman–Crippen LogP) is 3.12. The number of aliphatic hydroxyl groups is 1. The summed E-state index contributed by atoms with van der Waals surface area (Å²) in [6.07, 6.45) is 3.31. The van der Waals surface area contributed by atoms with Crippen molar-refractivity contribution in [2.45, 2.75) is 39.2 Å². The van der Waals surface area contributed by atoms with E-state index in [2.05, 4.69) is 20.6 Å². The number of nitrogens with one attached hydrogen (secondary N) is 2. The maximum atomic E-state index is 12.1. The van der Waals surface area contributed by atoms with E-state index in [0.29, 0.717) is 17.9 Å². The predicted molar refractivity (Wildman–Crippen MR) is 94.8 cm³/mol. The normalized spacial score (nSPS) is 13.2. The number of carbonyl (C=O) groups excluding carboxylic acids is 1. The van der Waals surface area contributed by atoms with Crippen molar-refractivity contribution in [3.63, 3.8) is 0 Å². The van der Waals surface area contributed by atoms with Crippen LogP contribution in [0.2, 0.25) is 0 Å². The molecule has 0 saturated carbocycles. The number of hydrogen-bond acceptors (Lipinski definition) is 4. The largest absolute Gasteiger partial charge is 0.394 e. The van der Waals surface area contributed by atoms with Gasteiger partial charge >= 0.3 is 6.03 Å². The highest BCUT2D eigenvalue weighted by atomic mass is 16.3. The Balaban J connectivity index is 2.02. The molecule has 24 heavy (non-hydrogen) atoms. The third-order valence-electron chi connectivity index (χ3n) is 3.76. The summed E-state index contributed by atoms with van der Waals surface area (Å²) in [4.78, 5) is 20.7. The molecule has 6 nitrogen and oxygen atoms in total. The summed E-state index contributed by atoms with van der Waals surface area (Å²) in [5.74, 6) is 0.654. The van der Waals surface area contributed by atoms with Crippen molar-refractivity contribution in [2.75, 3.05) is 11.9 Å². The van der Waals surface area contributed by atoms with Gasteiger partial charge in [-0.25, -0.2) is 14.8 Å². The van der Waals surface area contributed by atoms with Crippen molar-refractivity contribution in [2.24, 2.45) is 0 Å². The molecule has 0 aliphatic heterocycles. The van der Waals surface area contributed by atoms with Gasteiger partial charge in [-0.15, -0.1) is 0 Å². The van der Waals surface area contributed by atoms with Crippen LogP contribution in [0.1, 0.15) is 32.4 Å². The number of benzene rings is 1. The zero-order chi connectivity index (χ0) is 17.6. The van der Waals surface area contributed by atoms with E-state index in [9.17, 15) is 9.90 Å². The average Bonchev–Trinajstić information content (AvgIpc) is 2.55. The van der Waals surface area contributed by atoms with Gasteiger partial charge in [0.05, 0.1) is 12.1 Å². The maximum Gasteiger partial charge on any atom is 0.319 e. The van der Waals surface area contributed by atoms with Gasteiger partial charge in [0.15, 0.2) is 5.82 Å². The van der Waals surface area contributed by atoms with E-state index in [1.165, 1.54) is 0 Å². The van der Waals surface area contributed by atoms with Gasteiger partial charge in [0.1, 0.15) is 0 Å². The number of rotatable bonds is 6. The molecule has 3 N–H and O–H groups in total. The van der Waals surface area contributed by atoms with Crippen molar-refractivity contribution >= 4 is 11.7 Å². The summed E-state index contributed by atoms with van der Waals surface area (Å²) in [5.41, 5.74) is 1.84. The lowest BCUT2D eigenvalue weighted by molar-refractivity contribution is 0.167. The lowest BCUT2D eigenvalue weighted by Crippen LogP contribution is -2.50. The number of amides is 2. The van der Waals surface area contributed by atoms with Crippen LogP contribution in [0.5, 0.6) is 0 Å². The molecular formula is C18H24N4O2. The van der Waals surface area contributed by atoms with E-state index in [4.69, 9.17) is 0 Å². The highest BCUT2D eigenvalue weighted by Crippen LogP contribution is 2.18. The number of hydrogen-bond donors (Lipinski definition) is 3. The topological polar surface area (TPSA) is 87.1 Å². The van der Waals surface area contributed by atoms with Crippen molar-refractivity contribution in [3.05, 3.63) is 42.2 Å². The van der Waals surface area contributed by atoms with Crippen LogP contribution in [-0.4, -0.2) is 33.3 Å². The first kappa shape index (κ1) is 17.9. The molecule has 0 aliphatic carbocycles. The molecule has 1 atom stereocenters. The van der Waals surface area contributed by atoms with Gasteiger partial charge < -0.3 is 15.7 Å². The first-order valence-corrected chi connectivity index (χ1v) is 8.06. The monoisotopic (exact) mass is 328 g/mol. The minimum absolute atomic E-state index is 0.0993. The fraction of sp³-hybridized carbons (Fsp3) is 0.389. The number of carbonyl (C=O) groups is 1. The summed E-state index contributed by atoms with van der Waals surface area (Å²) >= 11 is 0. The molecule has 128 valence electrons. The van der Waals surface area contributed by atoms with Crippen LogP contribution in [0, 0.1) is 6.92 Å². The fourth-order valence-corrected chi connectivity index (χ4v) is 2.46. The van der Waals surface area contributed by atoms with Crippen LogP contribution in [0.3, 0.4) is 0 Å². The molecule has 2 rings (SSSR count). The summed E-state index contributed by atoms with van der Waals surface area (Å²) < 4.78 is 0. The minimum Gasteiger partial charge on any atom is -0.394 e. The zero-order valence-corrected chi connectivity index (χ0v) is 14.3. The van der Waals surface area contributed by atoms with Gasteiger partial charge in [0, 0.05) is 23.1 Å². The van der Waals surface area contributed by atoms with Crippen LogP contribution in [0.15, 0.2) is 36.5 Å². The molecule has 1 unspecified atom stereocenters. The third kappa shape index (κ3) is 4.76. The quantitative estimate of drug-likeness (QED) is 0.760. The van der Waals surface area contributed by atoms with Crippen LogP contribution < -0.4 is 10.6 Å². The lowest BCUT2D eigenvalue weighted by atomic mass is 9.98. The Morgan fingerprint density at radius 1 is 1.25 bits per heavy atom. The number of urea groups is 1. The summed E-state index contributed by atoms with van der Waals surface area (Å²) in [5, 5.41) is 15.1. The Labute approximate surface area is 142 Å². The molecule has 0 bridgehead atoms. The molecule has 0 fully saturated rings. The van der Waals surface area contributed by atoms with Crippen LogP contribution in [0.4, 0.5) is 10.5 Å². The van der Waals surface area contributed by atoms with Gasteiger partial charge in [-0.3, -0.25) is 0 Å². The average molecular weight is 328 g/mol. The molecule has 1 aromatic heterocycles. The fourth-order valence-electron chi connectivity index (χ4n) is 2.46. The van der Waals surface area contributed by atoms with Crippen molar-refractivity contribution in [1.29, 1.82) is 0 Å². The maximum absolute atomic E-state index is 12.1. The van der Waals surface area contributed by atoms with Crippen LogP contribution >= 0.6 is 0 Å². The second kappa shape index (κ2) is 7.88. The highest BCUT2D eigenvalue weighted by molar-refractivity contribution is 5.90. The number of aryl methyl sites for hydroxylation is 1. The van der Waals surface area contributed by atoms with E-state index in [0.717, 1.165) is 17.7 Å². The first-order valence-electron chi connectivity index (χ1n) is 8.06. The number of nitrogens with zero attached hydrogens (tertiary/aromatic N) is 2. The smallest absolute Gasteiger partial charge is 0.319 e. The standard InChI is InChI=1S/C18H24N4O2/c1-4-10-18(3,12-23)22-17(24)21-15-7-5-14(6-8-15)16-19-11-9-13(2)20-16/h5-9,11,23H,4,10,12H2,1-3H3,(H2,21,22,24). The van der Waals surface area contributed by atoms with Crippen LogP contribution in [0.25, 0.3) is 11.4 Å². The molecule has 2 aromatic rings. The number of aromatic nitrogens is 2. The molecule has 1 aromatic carbocycles. The first-order chi connectivity index (χ1) is 11.5. The van der Waals surface area contributed by atoms with Gasteiger partial charge in [0.2, 0.25) is 0 Å². The Bertz CT molecular complexity index is 688. The number of anilines is 1. The lowest BCUT2D eigenvalue weighted by Gasteiger charge is -2.28. The number of aliphatic hydroxyl groups excluding tert-OH is 1. The summed E-state index contributed by atoms with van der Waals surface area (Å²) in [6, 6.07) is 8.84. The van der Waals surface area contributed by atoms with Gasteiger partial charge in [-0.05, 0) is 50.6 Å². The van der Waals surface area contributed by atoms with E-state index < -0.39 is 5.54 Å². The third-order valence-corrected chi connectivity index (χ3v) is 3.76. The Morgan fingerprint density at radius 2 is 1.96 bits per heavy atom. The van der Waals surface area contributed by atoms with Gasteiger partial charge in [-0.1, -0.05) is 13.3 Å². The van der Waals surface area contributed by atoms with E-state index in [1.807, 2.05) is 39.0 Å². The molecular weight excluding hydrogens is 304 g/mol. The SMILES string of the molecule is CCCC(C)(CO)NC(=O)Nc1ccc(-c2nccc(C)n2)cc1. The molecule has 0 aliphatic rings. The van der Waals surface area contributed by atoms with Crippen molar-refractivity contribution < 1.29 is 9.90 Å². The van der Waals surface area contributed by atoms with Gasteiger partial charge in [-0.2, -0.15) is 0 Å². The van der Waals surface area contributed by atoms with Crippen molar-refractivity contribution in [3.8, 4) is 11.4 Å². The highest BCUT2D eigenvalue weighted by Gasteiger charge is 2.24. The Kier molecular flexibility index (Phi) is 5.87. The minimum atomic E-state index is -0.617. The van der Waals surface area contributed by atoms with E-state index in [1.54, 1.807) is 18.3 Å². The second-order valence-electron chi connectivity index (χ2n) is 6.15. The Hall–Kier alpha value is -2.47. The Morgan fingerprint density at radius 3 is 2.54 bits per heavy atom. The molecule has 2 amide bonds. The molecule has 6 heteroatoms. The molecule has 0 spiro atoms. The van der Waals surface area contributed by atoms with Gasteiger partial charge in [0.25, 0.3) is 0 Å². The molecule has 0 radical (unpaired) electrons. The second-order valence-corrected chi connectivity index (χ2v) is 6.15. The van der Waals surface area contributed by atoms with E-state index >= 15 is 0 Å². The zero-order valence-electron chi connectivity index (χ0n) is 14.3. The summed E-state index contributed by atoms with van der Waals surface area (Å²) in [7, 11) is 0. The van der Waals surface area contributed by atoms with Crippen molar-refractivity contribution in [1.82, 2.24) is 15.3 Å². The summed E-state index contributed by atoms with van der Waals surface area (Å²) in [6.45, 7) is 5.66. The van der Waals surface area contributed by atoms with Crippen LogP contribution in [-0.2, 0) is 0 Å². The molecule has 0 saturated heterocycles.